The molecule has 0 spiro atoms. The average molecular weight is 346 g/mol. The molecule has 0 aliphatic carbocycles. The number of amides is 1. The van der Waals surface area contributed by atoms with E-state index >= 15 is 0 Å². The van der Waals surface area contributed by atoms with E-state index in [0.29, 0.717) is 6.61 Å². The molecule has 1 amide bonds. The van der Waals surface area contributed by atoms with Gasteiger partial charge in [0.25, 0.3) is 0 Å². The van der Waals surface area contributed by atoms with Crippen molar-refractivity contribution in [1.29, 1.82) is 0 Å². The monoisotopic (exact) mass is 345 g/mol. The third kappa shape index (κ3) is 7.50. The number of rotatable bonds is 13. The SMILES string of the molecule is CCCCCCCCCCCCN1C(=O)OCC1Cc1ccccc1. The lowest BCUT2D eigenvalue weighted by atomic mass is 10.0. The first kappa shape index (κ1) is 19.8. The van der Waals surface area contributed by atoms with Crippen LogP contribution in [-0.4, -0.2) is 30.2 Å². The molecule has 0 radical (unpaired) electrons. The van der Waals surface area contributed by atoms with Gasteiger partial charge in [0.2, 0.25) is 0 Å². The van der Waals surface area contributed by atoms with Gasteiger partial charge in [0.15, 0.2) is 0 Å². The molecule has 1 unspecified atom stereocenters. The van der Waals surface area contributed by atoms with Crippen LogP contribution in [0.5, 0.6) is 0 Å². The summed E-state index contributed by atoms with van der Waals surface area (Å²) in [5.74, 6) is 0. The van der Waals surface area contributed by atoms with Gasteiger partial charge in [0, 0.05) is 6.54 Å². The molecular weight excluding hydrogens is 310 g/mol. The van der Waals surface area contributed by atoms with Gasteiger partial charge >= 0.3 is 6.09 Å². The maximum Gasteiger partial charge on any atom is 0.410 e. The van der Waals surface area contributed by atoms with Gasteiger partial charge in [-0.05, 0) is 18.4 Å². The van der Waals surface area contributed by atoms with Crippen molar-refractivity contribution >= 4 is 6.09 Å². The number of hydrogen-bond acceptors (Lipinski definition) is 2. The number of cyclic esters (lactones) is 1. The van der Waals surface area contributed by atoms with Crippen LogP contribution in [0.3, 0.4) is 0 Å². The third-order valence-corrected chi connectivity index (χ3v) is 5.14. The van der Waals surface area contributed by atoms with Gasteiger partial charge in [-0.15, -0.1) is 0 Å². The zero-order chi connectivity index (χ0) is 17.7. The number of nitrogens with zero attached hydrogens (tertiary/aromatic N) is 1. The Morgan fingerprint density at radius 3 is 2.16 bits per heavy atom. The Kier molecular flexibility index (Phi) is 9.46. The highest BCUT2D eigenvalue weighted by Crippen LogP contribution is 2.18. The van der Waals surface area contributed by atoms with Gasteiger partial charge in [0.05, 0.1) is 6.04 Å². The highest BCUT2D eigenvalue weighted by atomic mass is 16.6. The number of benzene rings is 1. The van der Waals surface area contributed by atoms with E-state index in [9.17, 15) is 4.79 Å². The number of ether oxygens (including phenoxy) is 1. The fraction of sp³-hybridized carbons (Fsp3) is 0.682. The predicted molar refractivity (Wildman–Crippen MR) is 104 cm³/mol. The molecule has 0 saturated carbocycles. The van der Waals surface area contributed by atoms with Gasteiger partial charge in [-0.2, -0.15) is 0 Å². The standard InChI is InChI=1S/C22H35NO2/c1-2-3-4-5-6-7-8-9-10-14-17-23-21(19-25-22(23)24)18-20-15-12-11-13-16-20/h11-13,15-16,21H,2-10,14,17-19H2,1H3. The largest absolute Gasteiger partial charge is 0.447 e. The molecule has 1 aromatic rings. The molecule has 140 valence electrons. The van der Waals surface area contributed by atoms with Crippen LogP contribution in [0, 0.1) is 0 Å². The van der Waals surface area contributed by atoms with Crippen LogP contribution in [0.15, 0.2) is 30.3 Å². The minimum Gasteiger partial charge on any atom is -0.447 e. The molecule has 3 nitrogen and oxygen atoms in total. The Morgan fingerprint density at radius 2 is 1.52 bits per heavy atom. The van der Waals surface area contributed by atoms with Crippen molar-refractivity contribution < 1.29 is 9.53 Å². The third-order valence-electron chi connectivity index (χ3n) is 5.14. The normalized spacial score (nSPS) is 17.1. The van der Waals surface area contributed by atoms with Crippen molar-refractivity contribution in [3.05, 3.63) is 35.9 Å². The molecule has 2 rings (SSSR count). The van der Waals surface area contributed by atoms with Gasteiger partial charge in [-0.1, -0.05) is 95.0 Å². The van der Waals surface area contributed by atoms with E-state index in [4.69, 9.17) is 4.74 Å². The fourth-order valence-corrected chi connectivity index (χ4v) is 3.59. The molecule has 3 heteroatoms. The first-order chi connectivity index (χ1) is 12.3. The summed E-state index contributed by atoms with van der Waals surface area (Å²) in [7, 11) is 0. The summed E-state index contributed by atoms with van der Waals surface area (Å²) in [6.45, 7) is 3.64. The molecule has 1 aliphatic rings. The Labute approximate surface area is 153 Å². The summed E-state index contributed by atoms with van der Waals surface area (Å²) in [5, 5.41) is 0. The minimum absolute atomic E-state index is 0.128. The van der Waals surface area contributed by atoms with Gasteiger partial charge in [0.1, 0.15) is 6.61 Å². The lowest BCUT2D eigenvalue weighted by molar-refractivity contribution is 0.157. The van der Waals surface area contributed by atoms with Crippen molar-refractivity contribution in [2.45, 2.75) is 83.6 Å². The second-order valence-electron chi connectivity index (χ2n) is 7.30. The van der Waals surface area contributed by atoms with Gasteiger partial charge in [-0.25, -0.2) is 4.79 Å². The van der Waals surface area contributed by atoms with E-state index in [0.717, 1.165) is 19.4 Å². The van der Waals surface area contributed by atoms with E-state index in [1.807, 2.05) is 11.0 Å². The quantitative estimate of drug-likeness (QED) is 0.412. The van der Waals surface area contributed by atoms with Crippen molar-refractivity contribution in [2.75, 3.05) is 13.2 Å². The molecule has 0 N–H and O–H groups in total. The van der Waals surface area contributed by atoms with Crippen molar-refractivity contribution in [3.63, 3.8) is 0 Å². The first-order valence-corrected chi connectivity index (χ1v) is 10.3. The molecule has 0 aromatic heterocycles. The highest BCUT2D eigenvalue weighted by molar-refractivity contribution is 5.70. The van der Waals surface area contributed by atoms with E-state index < -0.39 is 0 Å². The van der Waals surface area contributed by atoms with Crippen LogP contribution in [0.1, 0.15) is 76.7 Å². The van der Waals surface area contributed by atoms with Crippen molar-refractivity contribution in [3.8, 4) is 0 Å². The van der Waals surface area contributed by atoms with Gasteiger partial charge in [-0.3, -0.25) is 0 Å². The number of unbranched alkanes of at least 4 members (excludes halogenated alkanes) is 9. The minimum atomic E-state index is -0.128. The zero-order valence-corrected chi connectivity index (χ0v) is 15.9. The molecule has 0 bridgehead atoms. The summed E-state index contributed by atoms with van der Waals surface area (Å²) in [6.07, 6.45) is 14.0. The molecular formula is C22H35NO2. The lowest BCUT2D eigenvalue weighted by Crippen LogP contribution is -2.35. The molecule has 1 aromatic carbocycles. The van der Waals surface area contributed by atoms with Crippen LogP contribution in [0.2, 0.25) is 0 Å². The highest BCUT2D eigenvalue weighted by Gasteiger charge is 2.32. The maximum atomic E-state index is 12.0. The molecule has 1 aliphatic heterocycles. The van der Waals surface area contributed by atoms with Crippen molar-refractivity contribution in [1.82, 2.24) is 4.90 Å². The molecule has 1 fully saturated rings. The lowest BCUT2D eigenvalue weighted by Gasteiger charge is -2.21. The van der Waals surface area contributed by atoms with Crippen LogP contribution in [-0.2, 0) is 11.2 Å². The van der Waals surface area contributed by atoms with Crippen LogP contribution in [0.25, 0.3) is 0 Å². The Hall–Kier alpha value is -1.51. The van der Waals surface area contributed by atoms with Crippen LogP contribution >= 0.6 is 0 Å². The number of hydrogen-bond donors (Lipinski definition) is 0. The Balaban J connectivity index is 1.56. The molecule has 25 heavy (non-hydrogen) atoms. The average Bonchev–Trinajstić information content (AvgIpc) is 2.97. The zero-order valence-electron chi connectivity index (χ0n) is 15.9. The van der Waals surface area contributed by atoms with Crippen LogP contribution in [0.4, 0.5) is 4.79 Å². The molecule has 1 heterocycles. The first-order valence-electron chi connectivity index (χ1n) is 10.3. The van der Waals surface area contributed by atoms with Crippen LogP contribution < -0.4 is 0 Å². The predicted octanol–water partition coefficient (Wildman–Crippen LogP) is 5.97. The van der Waals surface area contributed by atoms with E-state index in [1.54, 1.807) is 0 Å². The Bertz CT molecular complexity index is 474. The second-order valence-corrected chi connectivity index (χ2v) is 7.30. The summed E-state index contributed by atoms with van der Waals surface area (Å²) in [4.78, 5) is 13.9. The summed E-state index contributed by atoms with van der Waals surface area (Å²) in [5.41, 5.74) is 1.28. The van der Waals surface area contributed by atoms with E-state index in [-0.39, 0.29) is 12.1 Å². The van der Waals surface area contributed by atoms with E-state index in [2.05, 4.69) is 31.2 Å². The fourth-order valence-electron chi connectivity index (χ4n) is 3.59. The van der Waals surface area contributed by atoms with Gasteiger partial charge < -0.3 is 9.64 Å². The summed E-state index contributed by atoms with van der Waals surface area (Å²) < 4.78 is 5.28. The summed E-state index contributed by atoms with van der Waals surface area (Å²) >= 11 is 0. The topological polar surface area (TPSA) is 29.5 Å². The molecule has 1 saturated heterocycles. The molecule has 1 atom stereocenters. The van der Waals surface area contributed by atoms with Crippen molar-refractivity contribution in [2.24, 2.45) is 0 Å². The maximum absolute atomic E-state index is 12.0. The second kappa shape index (κ2) is 11.9. The smallest absolute Gasteiger partial charge is 0.410 e. The number of carbonyl (C=O) groups excluding carboxylic acids is 1. The Morgan fingerprint density at radius 1 is 0.920 bits per heavy atom. The van der Waals surface area contributed by atoms with E-state index in [1.165, 1.54) is 63.4 Å². The number of carbonyl (C=O) groups is 1. The summed E-state index contributed by atoms with van der Waals surface area (Å²) in [6, 6.07) is 10.6.